The van der Waals surface area contributed by atoms with Crippen LogP contribution in [0, 0.1) is 0 Å². The van der Waals surface area contributed by atoms with Crippen LogP contribution in [-0.2, 0) is 21.9 Å². The van der Waals surface area contributed by atoms with Crippen LogP contribution in [0.3, 0.4) is 0 Å². The average Bonchev–Trinajstić information content (AvgIpc) is 2.25. The van der Waals surface area contributed by atoms with E-state index in [1.807, 2.05) is 17.8 Å². The first-order valence-electron chi connectivity index (χ1n) is 5.21. The lowest BCUT2D eigenvalue weighted by molar-refractivity contribution is 0.609. The van der Waals surface area contributed by atoms with Gasteiger partial charge >= 0.3 is 0 Å². The smallest absolute Gasteiger partial charge is 0.212 e. The van der Waals surface area contributed by atoms with Gasteiger partial charge in [-0.25, -0.2) is 8.42 Å². The minimum Gasteiger partial charge on any atom is -0.212 e. The molecule has 0 spiro atoms. The Morgan fingerprint density at radius 2 is 2.19 bits per heavy atom. The van der Waals surface area contributed by atoms with E-state index in [1.165, 1.54) is 16.9 Å². The van der Waals surface area contributed by atoms with E-state index < -0.39 is 9.05 Å². The van der Waals surface area contributed by atoms with Gasteiger partial charge in [0.05, 0.1) is 5.75 Å². The lowest BCUT2D eigenvalue weighted by Crippen LogP contribution is -2.03. The predicted molar refractivity (Wildman–Crippen MR) is 68.8 cm³/mol. The second-order valence-electron chi connectivity index (χ2n) is 3.89. The molecule has 0 N–H and O–H groups in total. The van der Waals surface area contributed by atoms with Gasteiger partial charge in [0, 0.05) is 15.6 Å². The van der Waals surface area contributed by atoms with Crippen molar-refractivity contribution in [3.8, 4) is 0 Å². The summed E-state index contributed by atoms with van der Waals surface area (Å²) in [6.45, 7) is 0. The molecule has 0 saturated heterocycles. The van der Waals surface area contributed by atoms with E-state index in [1.54, 1.807) is 0 Å². The first-order chi connectivity index (χ1) is 7.54. The third kappa shape index (κ3) is 3.40. The molecule has 1 heterocycles. The van der Waals surface area contributed by atoms with Gasteiger partial charge in [-0.1, -0.05) is 12.1 Å². The highest BCUT2D eigenvalue weighted by Crippen LogP contribution is 2.30. The highest BCUT2D eigenvalue weighted by atomic mass is 35.7. The molecule has 2 nitrogen and oxygen atoms in total. The Kier molecular flexibility index (Phi) is 3.82. The minimum absolute atomic E-state index is 0.0119. The van der Waals surface area contributed by atoms with Crippen molar-refractivity contribution in [2.45, 2.75) is 24.2 Å². The normalized spacial score (nSPS) is 15.8. The summed E-state index contributed by atoms with van der Waals surface area (Å²) in [6, 6.07) is 6.21. The van der Waals surface area contributed by atoms with Gasteiger partial charge in [-0.05, 0) is 42.2 Å². The molecule has 0 fully saturated rings. The molecule has 88 valence electrons. The van der Waals surface area contributed by atoms with Crippen LogP contribution >= 0.6 is 22.4 Å². The molecular formula is C11H13ClO2S2. The summed E-state index contributed by atoms with van der Waals surface area (Å²) in [6.07, 6.45) is 2.86. The van der Waals surface area contributed by atoms with Gasteiger partial charge in [-0.2, -0.15) is 0 Å². The molecule has 0 aromatic heterocycles. The number of fused-ring (bicyclic) bond motifs is 1. The molecule has 0 unspecified atom stereocenters. The van der Waals surface area contributed by atoms with Crippen LogP contribution in [0.15, 0.2) is 23.1 Å². The van der Waals surface area contributed by atoms with Crippen molar-refractivity contribution in [1.29, 1.82) is 0 Å². The van der Waals surface area contributed by atoms with Crippen LogP contribution in [0.2, 0.25) is 0 Å². The zero-order chi connectivity index (χ0) is 11.6. The van der Waals surface area contributed by atoms with Gasteiger partial charge in [0.25, 0.3) is 0 Å². The number of halogens is 1. The van der Waals surface area contributed by atoms with E-state index >= 15 is 0 Å². The van der Waals surface area contributed by atoms with Crippen LogP contribution in [0.25, 0.3) is 0 Å². The molecule has 2 rings (SSSR count). The second kappa shape index (κ2) is 4.98. The Morgan fingerprint density at radius 3 is 2.94 bits per heavy atom. The maximum absolute atomic E-state index is 10.9. The minimum atomic E-state index is -3.38. The van der Waals surface area contributed by atoms with Crippen molar-refractivity contribution in [3.05, 3.63) is 29.3 Å². The van der Waals surface area contributed by atoms with Gasteiger partial charge in [0.15, 0.2) is 0 Å². The monoisotopic (exact) mass is 276 g/mol. The summed E-state index contributed by atoms with van der Waals surface area (Å²) < 4.78 is 21.7. The molecule has 0 saturated carbocycles. The Hall–Kier alpha value is -0.190. The van der Waals surface area contributed by atoms with Crippen molar-refractivity contribution < 1.29 is 8.42 Å². The van der Waals surface area contributed by atoms with Crippen molar-refractivity contribution >= 4 is 31.5 Å². The largest absolute Gasteiger partial charge is 0.232 e. The lowest BCUT2D eigenvalue weighted by Gasteiger charge is -2.15. The number of benzene rings is 1. The number of aryl methyl sites for hydroxylation is 2. The van der Waals surface area contributed by atoms with Crippen LogP contribution in [0.4, 0.5) is 0 Å². The summed E-state index contributed by atoms with van der Waals surface area (Å²) >= 11 is 1.85. The molecule has 0 aliphatic carbocycles. The molecule has 0 radical (unpaired) electrons. The molecule has 1 aliphatic rings. The SMILES string of the molecule is O=S(=O)(Cl)CCc1ccc2c(c1)SCCC2. The highest BCUT2D eigenvalue weighted by molar-refractivity contribution is 8.13. The Balaban J connectivity index is 2.11. The van der Waals surface area contributed by atoms with Crippen molar-refractivity contribution in [1.82, 2.24) is 0 Å². The first-order valence-corrected chi connectivity index (χ1v) is 8.68. The van der Waals surface area contributed by atoms with E-state index in [0.717, 1.165) is 17.7 Å². The van der Waals surface area contributed by atoms with E-state index in [9.17, 15) is 8.42 Å². The fourth-order valence-electron chi connectivity index (χ4n) is 1.78. The van der Waals surface area contributed by atoms with Gasteiger partial charge < -0.3 is 0 Å². The third-order valence-electron chi connectivity index (χ3n) is 2.61. The zero-order valence-corrected chi connectivity index (χ0v) is 11.2. The summed E-state index contributed by atoms with van der Waals surface area (Å²) in [7, 11) is 1.82. The molecule has 0 bridgehead atoms. The van der Waals surface area contributed by atoms with Crippen LogP contribution < -0.4 is 0 Å². The van der Waals surface area contributed by atoms with E-state index in [0.29, 0.717) is 6.42 Å². The third-order valence-corrected chi connectivity index (χ3v) is 4.95. The summed E-state index contributed by atoms with van der Waals surface area (Å²) in [5.74, 6) is 1.17. The van der Waals surface area contributed by atoms with Crippen LogP contribution in [0.5, 0.6) is 0 Å². The number of hydrogen-bond donors (Lipinski definition) is 0. The van der Waals surface area contributed by atoms with Gasteiger partial charge in [-0.3, -0.25) is 0 Å². The number of rotatable bonds is 3. The maximum atomic E-state index is 10.9. The molecule has 0 atom stereocenters. The van der Waals surface area contributed by atoms with Crippen molar-refractivity contribution in [2.75, 3.05) is 11.5 Å². The molecular weight excluding hydrogens is 264 g/mol. The fourth-order valence-corrected chi connectivity index (χ4v) is 3.59. The Bertz CT molecular complexity index is 483. The van der Waals surface area contributed by atoms with Crippen LogP contribution in [0.1, 0.15) is 17.5 Å². The number of thioether (sulfide) groups is 1. The van der Waals surface area contributed by atoms with E-state index in [4.69, 9.17) is 10.7 Å². The standard InChI is InChI=1S/C11H13ClO2S2/c12-16(13,14)7-5-9-3-4-10-2-1-6-15-11(10)8-9/h3-4,8H,1-2,5-7H2. The van der Waals surface area contributed by atoms with Gasteiger partial charge in [0.2, 0.25) is 9.05 Å². The Labute approximate surface area is 105 Å². The van der Waals surface area contributed by atoms with Crippen LogP contribution in [-0.4, -0.2) is 19.9 Å². The van der Waals surface area contributed by atoms with Crippen molar-refractivity contribution in [3.63, 3.8) is 0 Å². The summed E-state index contributed by atoms with van der Waals surface area (Å²) in [4.78, 5) is 1.30. The average molecular weight is 277 g/mol. The highest BCUT2D eigenvalue weighted by Gasteiger charge is 2.11. The maximum Gasteiger partial charge on any atom is 0.232 e. The van der Waals surface area contributed by atoms with E-state index in [2.05, 4.69) is 12.1 Å². The quantitative estimate of drug-likeness (QED) is 0.796. The lowest BCUT2D eigenvalue weighted by atomic mass is 10.1. The van der Waals surface area contributed by atoms with Crippen molar-refractivity contribution in [2.24, 2.45) is 0 Å². The van der Waals surface area contributed by atoms with Gasteiger partial charge in [-0.15, -0.1) is 11.8 Å². The molecule has 16 heavy (non-hydrogen) atoms. The topological polar surface area (TPSA) is 34.1 Å². The zero-order valence-electron chi connectivity index (χ0n) is 8.78. The van der Waals surface area contributed by atoms with E-state index in [-0.39, 0.29) is 5.75 Å². The summed E-state index contributed by atoms with van der Waals surface area (Å²) in [5.41, 5.74) is 2.44. The molecule has 1 aromatic rings. The first kappa shape index (κ1) is 12.3. The molecule has 1 aliphatic heterocycles. The Morgan fingerprint density at radius 1 is 1.38 bits per heavy atom. The fraction of sp³-hybridized carbons (Fsp3) is 0.455. The molecule has 0 amide bonds. The summed E-state index contributed by atoms with van der Waals surface area (Å²) in [5, 5.41) is 0. The molecule has 5 heteroatoms. The predicted octanol–water partition coefficient (Wildman–Crippen LogP) is 2.84. The molecule has 1 aromatic carbocycles. The number of hydrogen-bond acceptors (Lipinski definition) is 3. The van der Waals surface area contributed by atoms with Gasteiger partial charge in [0.1, 0.15) is 0 Å². The second-order valence-corrected chi connectivity index (χ2v) is 7.92.